The molecule has 1 aromatic rings. The van der Waals surface area contributed by atoms with Gasteiger partial charge in [0.05, 0.1) is 0 Å². The maximum Gasteiger partial charge on any atom is 0.119 e. The molecule has 0 bridgehead atoms. The zero-order valence-corrected chi connectivity index (χ0v) is 17.2. The van der Waals surface area contributed by atoms with Gasteiger partial charge in [-0.05, 0) is 105 Å². The lowest BCUT2D eigenvalue weighted by atomic mass is 9.60. The summed E-state index contributed by atoms with van der Waals surface area (Å²) in [5.74, 6) is 6.84. The minimum atomic E-state index is 0.591. The van der Waals surface area contributed by atoms with Crippen molar-refractivity contribution >= 4 is 0 Å². The normalized spacial score (nSPS) is 36.6. The summed E-state index contributed by atoms with van der Waals surface area (Å²) in [5.41, 5.74) is 1.53. The molecule has 1 heteroatoms. The summed E-state index contributed by atoms with van der Waals surface area (Å²) in [7, 11) is 0. The van der Waals surface area contributed by atoms with Crippen molar-refractivity contribution < 1.29 is 4.74 Å². The molecular weight excluding hydrogens is 328 g/mol. The lowest BCUT2D eigenvalue weighted by Gasteiger charge is -2.45. The fourth-order valence-electron chi connectivity index (χ4n) is 6.40. The molecule has 0 radical (unpaired) electrons. The van der Waals surface area contributed by atoms with Gasteiger partial charge in [0, 0.05) is 0 Å². The fourth-order valence-corrected chi connectivity index (χ4v) is 6.40. The minimum Gasteiger partial charge on any atom is -0.490 e. The average Bonchev–Trinajstić information content (AvgIpc) is 2.72. The molecular formula is C26H38O. The predicted octanol–water partition coefficient (Wildman–Crippen LogP) is 7.38. The van der Waals surface area contributed by atoms with E-state index in [1.165, 1.54) is 63.4 Å². The zero-order valence-electron chi connectivity index (χ0n) is 17.2. The molecule has 3 fully saturated rings. The maximum absolute atomic E-state index is 5.64. The summed E-state index contributed by atoms with van der Waals surface area (Å²) in [6.07, 6.45) is 16.7. The van der Waals surface area contributed by atoms with Crippen molar-refractivity contribution in [2.45, 2.75) is 77.0 Å². The molecule has 0 aliphatic heterocycles. The van der Waals surface area contributed by atoms with Crippen molar-refractivity contribution in [3.63, 3.8) is 0 Å². The van der Waals surface area contributed by atoms with Crippen LogP contribution < -0.4 is 4.74 Å². The Morgan fingerprint density at radius 3 is 2.11 bits per heavy atom. The van der Waals surface area contributed by atoms with Gasteiger partial charge in [0.1, 0.15) is 12.4 Å². The van der Waals surface area contributed by atoms with Gasteiger partial charge >= 0.3 is 0 Å². The van der Waals surface area contributed by atoms with E-state index >= 15 is 0 Å². The van der Waals surface area contributed by atoms with Gasteiger partial charge in [0.15, 0.2) is 0 Å². The molecule has 1 aromatic carbocycles. The first-order chi connectivity index (χ1) is 13.2. The number of fused-ring (bicyclic) bond motifs is 1. The fraction of sp³-hybridized carbons (Fsp3) is 0.692. The van der Waals surface area contributed by atoms with Crippen LogP contribution in [0.5, 0.6) is 5.75 Å². The van der Waals surface area contributed by atoms with E-state index in [0.29, 0.717) is 6.61 Å². The van der Waals surface area contributed by atoms with E-state index in [-0.39, 0.29) is 0 Å². The first-order valence-electron chi connectivity index (χ1n) is 11.6. The van der Waals surface area contributed by atoms with Gasteiger partial charge in [0.25, 0.3) is 0 Å². The van der Waals surface area contributed by atoms with Crippen LogP contribution in [-0.2, 0) is 0 Å². The number of hydrogen-bond acceptors (Lipinski definition) is 1. The Hall–Kier alpha value is -1.24. The first kappa shape index (κ1) is 19.1. The van der Waals surface area contributed by atoms with Crippen LogP contribution in [0.3, 0.4) is 0 Å². The van der Waals surface area contributed by atoms with Crippen LogP contribution in [0.2, 0.25) is 0 Å². The Balaban J connectivity index is 1.30. The molecule has 27 heavy (non-hydrogen) atoms. The molecule has 0 heterocycles. The van der Waals surface area contributed by atoms with Crippen LogP contribution in [-0.4, -0.2) is 6.61 Å². The van der Waals surface area contributed by atoms with E-state index in [9.17, 15) is 0 Å². The maximum atomic E-state index is 5.64. The lowest BCUT2D eigenvalue weighted by molar-refractivity contribution is 0.0732. The topological polar surface area (TPSA) is 9.23 Å². The van der Waals surface area contributed by atoms with Crippen LogP contribution in [0.4, 0.5) is 0 Å². The highest BCUT2D eigenvalue weighted by Crippen LogP contribution is 2.50. The van der Waals surface area contributed by atoms with Crippen molar-refractivity contribution in [3.8, 4) is 5.75 Å². The Labute approximate surface area is 166 Å². The predicted molar refractivity (Wildman–Crippen MR) is 114 cm³/mol. The Bertz CT molecular complexity index is 595. The third kappa shape index (κ3) is 4.61. The second-order valence-electron chi connectivity index (χ2n) is 9.79. The van der Waals surface area contributed by atoms with Crippen molar-refractivity contribution in [2.75, 3.05) is 6.61 Å². The third-order valence-electron chi connectivity index (χ3n) is 8.10. The summed E-state index contributed by atoms with van der Waals surface area (Å²) in [6, 6.07) is 8.90. The molecule has 0 saturated heterocycles. The molecule has 0 aromatic heterocycles. The van der Waals surface area contributed by atoms with E-state index in [1.54, 1.807) is 12.5 Å². The quantitative estimate of drug-likeness (QED) is 0.494. The van der Waals surface area contributed by atoms with E-state index in [1.807, 2.05) is 0 Å². The number of hydrogen-bond donors (Lipinski definition) is 0. The van der Waals surface area contributed by atoms with Crippen LogP contribution in [0.1, 0.15) is 82.6 Å². The monoisotopic (exact) mass is 366 g/mol. The second kappa shape index (κ2) is 8.84. The minimum absolute atomic E-state index is 0.591. The molecule has 3 aliphatic rings. The lowest BCUT2D eigenvalue weighted by Crippen LogP contribution is -2.34. The van der Waals surface area contributed by atoms with Crippen LogP contribution >= 0.6 is 0 Å². The number of ether oxygens (including phenoxy) is 1. The molecule has 148 valence electrons. The molecule has 0 N–H and O–H groups in total. The van der Waals surface area contributed by atoms with E-state index < -0.39 is 0 Å². The molecule has 3 aliphatic carbocycles. The van der Waals surface area contributed by atoms with Crippen LogP contribution in [0, 0.1) is 29.6 Å². The molecule has 0 amide bonds. The average molecular weight is 367 g/mol. The number of benzene rings is 1. The van der Waals surface area contributed by atoms with Crippen molar-refractivity contribution in [1.82, 2.24) is 0 Å². The summed E-state index contributed by atoms with van der Waals surface area (Å²) < 4.78 is 5.64. The zero-order chi connectivity index (χ0) is 18.6. The van der Waals surface area contributed by atoms with E-state index in [4.69, 9.17) is 4.74 Å². The standard InChI is InChI=1S/C26H38O/c1-3-16-27-26-14-12-21(13-15-26)23-9-11-24-17-22(8-10-25(24)18-23)20-6-4-19(2)5-7-20/h3,12-15,19-20,22-25H,1,4-11,16-18H2,2H3. The molecule has 4 unspecified atom stereocenters. The van der Waals surface area contributed by atoms with Gasteiger partial charge in [-0.2, -0.15) is 0 Å². The summed E-state index contributed by atoms with van der Waals surface area (Å²) in [5, 5.41) is 0. The SMILES string of the molecule is C=CCOc1ccc(C2CCC3CC(C4CCC(C)CC4)CCC3C2)cc1. The van der Waals surface area contributed by atoms with E-state index in [2.05, 4.69) is 37.8 Å². The van der Waals surface area contributed by atoms with Crippen molar-refractivity contribution in [1.29, 1.82) is 0 Å². The largest absolute Gasteiger partial charge is 0.490 e. The molecule has 4 rings (SSSR count). The Morgan fingerprint density at radius 2 is 1.41 bits per heavy atom. The highest BCUT2D eigenvalue weighted by molar-refractivity contribution is 5.30. The van der Waals surface area contributed by atoms with Gasteiger partial charge < -0.3 is 4.74 Å². The molecule has 1 nitrogen and oxygen atoms in total. The smallest absolute Gasteiger partial charge is 0.119 e. The highest BCUT2D eigenvalue weighted by atomic mass is 16.5. The van der Waals surface area contributed by atoms with Gasteiger partial charge in [-0.3, -0.25) is 0 Å². The van der Waals surface area contributed by atoms with Crippen molar-refractivity contribution in [2.24, 2.45) is 29.6 Å². The third-order valence-corrected chi connectivity index (χ3v) is 8.10. The highest BCUT2D eigenvalue weighted by Gasteiger charge is 2.38. The van der Waals surface area contributed by atoms with Crippen LogP contribution in [0.25, 0.3) is 0 Å². The summed E-state index contributed by atoms with van der Waals surface area (Å²) >= 11 is 0. The van der Waals surface area contributed by atoms with Gasteiger partial charge in [-0.15, -0.1) is 0 Å². The van der Waals surface area contributed by atoms with Gasteiger partial charge in [-0.25, -0.2) is 0 Å². The Morgan fingerprint density at radius 1 is 0.815 bits per heavy atom. The molecule has 3 saturated carbocycles. The van der Waals surface area contributed by atoms with Gasteiger partial charge in [-0.1, -0.05) is 44.6 Å². The van der Waals surface area contributed by atoms with Gasteiger partial charge in [0.2, 0.25) is 0 Å². The number of rotatable bonds is 5. The molecule has 0 spiro atoms. The summed E-state index contributed by atoms with van der Waals surface area (Å²) in [6.45, 7) is 6.76. The Kier molecular flexibility index (Phi) is 6.25. The summed E-state index contributed by atoms with van der Waals surface area (Å²) in [4.78, 5) is 0. The van der Waals surface area contributed by atoms with E-state index in [0.717, 1.165) is 41.3 Å². The van der Waals surface area contributed by atoms with Crippen molar-refractivity contribution in [3.05, 3.63) is 42.5 Å². The second-order valence-corrected chi connectivity index (χ2v) is 9.79. The van der Waals surface area contributed by atoms with Crippen LogP contribution in [0.15, 0.2) is 36.9 Å². The first-order valence-corrected chi connectivity index (χ1v) is 11.6. The molecule has 4 atom stereocenters.